The first kappa shape index (κ1) is 9.13. The Kier molecular flexibility index (Phi) is 3.17. The SMILES string of the molecule is C[N-]CCc1nc(C)cc(C)n1. The van der Waals surface area contributed by atoms with Crippen molar-refractivity contribution in [1.29, 1.82) is 0 Å². The van der Waals surface area contributed by atoms with Gasteiger partial charge < -0.3 is 5.32 Å². The van der Waals surface area contributed by atoms with Crippen molar-refractivity contribution in [3.63, 3.8) is 0 Å². The number of nitrogens with zero attached hydrogens (tertiary/aromatic N) is 3. The number of likely N-dealkylation sites (N-methyl/N-ethyl adjacent to an activating group) is 1. The van der Waals surface area contributed by atoms with E-state index >= 15 is 0 Å². The van der Waals surface area contributed by atoms with E-state index < -0.39 is 0 Å². The molecule has 0 aromatic carbocycles. The molecule has 0 spiro atoms. The lowest BCUT2D eigenvalue weighted by Crippen LogP contribution is -2.01. The summed E-state index contributed by atoms with van der Waals surface area (Å²) in [5.41, 5.74) is 2.07. The molecule has 0 bridgehead atoms. The van der Waals surface area contributed by atoms with Gasteiger partial charge in [0.2, 0.25) is 0 Å². The molecule has 0 aliphatic heterocycles. The summed E-state index contributed by atoms with van der Waals surface area (Å²) in [4.78, 5) is 8.60. The maximum absolute atomic E-state index is 4.30. The lowest BCUT2D eigenvalue weighted by molar-refractivity contribution is 0.871. The van der Waals surface area contributed by atoms with Gasteiger partial charge in [-0.3, -0.25) is 0 Å². The standard InChI is InChI=1S/C9H14N3/c1-7-6-8(2)12-9(11-7)4-5-10-3/h6H,4-5H2,1-3H3/q-1. The van der Waals surface area contributed by atoms with Crippen molar-refractivity contribution >= 4 is 0 Å². The normalized spacial score (nSPS) is 10.2. The highest BCUT2D eigenvalue weighted by molar-refractivity contribution is 5.08. The summed E-state index contributed by atoms with van der Waals surface area (Å²) in [5, 5.41) is 4.01. The molecule has 0 saturated heterocycles. The van der Waals surface area contributed by atoms with Gasteiger partial charge >= 0.3 is 0 Å². The minimum Gasteiger partial charge on any atom is -0.665 e. The molecule has 1 rings (SSSR count). The van der Waals surface area contributed by atoms with Crippen LogP contribution in [0.1, 0.15) is 17.2 Å². The zero-order valence-electron chi connectivity index (χ0n) is 7.83. The molecule has 1 heterocycles. The molecule has 0 atom stereocenters. The van der Waals surface area contributed by atoms with E-state index in [2.05, 4.69) is 15.3 Å². The zero-order chi connectivity index (χ0) is 8.97. The highest BCUT2D eigenvalue weighted by Gasteiger charge is 1.95. The van der Waals surface area contributed by atoms with Crippen LogP contribution in [0.25, 0.3) is 5.32 Å². The Bertz CT molecular complexity index is 238. The molecule has 0 aliphatic rings. The van der Waals surface area contributed by atoms with Gasteiger partial charge in [0, 0.05) is 11.4 Å². The monoisotopic (exact) mass is 164 g/mol. The van der Waals surface area contributed by atoms with E-state index in [1.807, 2.05) is 27.0 Å². The van der Waals surface area contributed by atoms with Gasteiger partial charge in [0.1, 0.15) is 5.82 Å². The molecule has 0 unspecified atom stereocenters. The Hall–Kier alpha value is -0.960. The molecule has 0 aliphatic carbocycles. The second-order valence-corrected chi connectivity index (χ2v) is 2.86. The number of hydrogen-bond donors (Lipinski definition) is 0. The van der Waals surface area contributed by atoms with Gasteiger partial charge in [0.15, 0.2) is 0 Å². The van der Waals surface area contributed by atoms with E-state index in [9.17, 15) is 0 Å². The largest absolute Gasteiger partial charge is 0.665 e. The summed E-state index contributed by atoms with van der Waals surface area (Å²) in [6.07, 6.45) is 0.846. The predicted octanol–water partition coefficient (Wildman–Crippen LogP) is 1.64. The van der Waals surface area contributed by atoms with E-state index in [4.69, 9.17) is 0 Å². The van der Waals surface area contributed by atoms with E-state index in [0.29, 0.717) is 0 Å². The molecular formula is C9H14N3-. The second-order valence-electron chi connectivity index (χ2n) is 2.86. The van der Waals surface area contributed by atoms with Gasteiger partial charge in [0.25, 0.3) is 0 Å². The van der Waals surface area contributed by atoms with Crippen LogP contribution in [0.15, 0.2) is 6.07 Å². The summed E-state index contributed by atoms with van der Waals surface area (Å²) < 4.78 is 0. The number of aryl methyl sites for hydroxylation is 2. The summed E-state index contributed by atoms with van der Waals surface area (Å²) in [7, 11) is 1.81. The average Bonchev–Trinajstić information content (AvgIpc) is 1.99. The van der Waals surface area contributed by atoms with Crippen molar-refractivity contribution in [3.8, 4) is 0 Å². The lowest BCUT2D eigenvalue weighted by Gasteiger charge is -2.09. The smallest absolute Gasteiger partial charge is 0.127 e. The molecule has 0 N–H and O–H groups in total. The summed E-state index contributed by atoms with van der Waals surface area (Å²) in [6.45, 7) is 4.78. The molecule has 0 amide bonds. The van der Waals surface area contributed by atoms with Crippen LogP contribution < -0.4 is 0 Å². The topological polar surface area (TPSA) is 39.9 Å². The maximum Gasteiger partial charge on any atom is 0.127 e. The first-order valence-electron chi connectivity index (χ1n) is 4.09. The average molecular weight is 164 g/mol. The van der Waals surface area contributed by atoms with Gasteiger partial charge in [-0.25, -0.2) is 9.97 Å². The Labute approximate surface area is 73.2 Å². The quantitative estimate of drug-likeness (QED) is 0.681. The Morgan fingerprint density at radius 2 is 1.83 bits per heavy atom. The molecule has 12 heavy (non-hydrogen) atoms. The number of hydrogen-bond acceptors (Lipinski definition) is 2. The Morgan fingerprint density at radius 1 is 1.25 bits per heavy atom. The van der Waals surface area contributed by atoms with Crippen molar-refractivity contribution in [2.75, 3.05) is 13.6 Å². The minimum atomic E-state index is 0.808. The molecule has 1 aromatic rings. The zero-order valence-corrected chi connectivity index (χ0v) is 7.83. The van der Waals surface area contributed by atoms with E-state index in [-0.39, 0.29) is 0 Å². The molecule has 0 saturated carbocycles. The van der Waals surface area contributed by atoms with Crippen molar-refractivity contribution in [3.05, 3.63) is 28.6 Å². The Balaban J connectivity index is 2.72. The van der Waals surface area contributed by atoms with Crippen LogP contribution in [-0.2, 0) is 6.42 Å². The predicted molar refractivity (Wildman–Crippen MR) is 49.4 cm³/mol. The molecule has 66 valence electrons. The van der Waals surface area contributed by atoms with Crippen LogP contribution in [0, 0.1) is 13.8 Å². The van der Waals surface area contributed by atoms with Crippen LogP contribution in [0.4, 0.5) is 0 Å². The van der Waals surface area contributed by atoms with Crippen molar-refractivity contribution < 1.29 is 0 Å². The summed E-state index contributed by atoms with van der Waals surface area (Å²) in [5.74, 6) is 0.901. The highest BCUT2D eigenvalue weighted by atomic mass is 14.9. The van der Waals surface area contributed by atoms with E-state index in [0.717, 1.165) is 30.2 Å². The van der Waals surface area contributed by atoms with Crippen LogP contribution in [0.5, 0.6) is 0 Å². The molecule has 3 heteroatoms. The van der Waals surface area contributed by atoms with Gasteiger partial charge in [-0.1, -0.05) is 0 Å². The third-order valence-electron chi connectivity index (χ3n) is 1.59. The van der Waals surface area contributed by atoms with Gasteiger partial charge in [-0.2, -0.15) is 7.05 Å². The minimum absolute atomic E-state index is 0.808. The fourth-order valence-corrected chi connectivity index (χ4v) is 1.12. The van der Waals surface area contributed by atoms with Crippen LogP contribution in [0.2, 0.25) is 0 Å². The molecule has 0 radical (unpaired) electrons. The number of rotatable bonds is 3. The summed E-state index contributed by atoms with van der Waals surface area (Å²) >= 11 is 0. The molecular weight excluding hydrogens is 150 g/mol. The first-order chi connectivity index (χ1) is 5.72. The van der Waals surface area contributed by atoms with Crippen LogP contribution >= 0.6 is 0 Å². The molecule has 0 fully saturated rings. The van der Waals surface area contributed by atoms with Gasteiger partial charge in [-0.15, -0.1) is 6.54 Å². The van der Waals surface area contributed by atoms with E-state index in [1.165, 1.54) is 0 Å². The van der Waals surface area contributed by atoms with Crippen molar-refractivity contribution in [1.82, 2.24) is 9.97 Å². The molecule has 3 nitrogen and oxygen atoms in total. The second kappa shape index (κ2) is 4.16. The third-order valence-corrected chi connectivity index (χ3v) is 1.59. The highest BCUT2D eigenvalue weighted by Crippen LogP contribution is 2.00. The molecule has 1 aromatic heterocycles. The summed E-state index contributed by atoms with van der Waals surface area (Å²) in [6, 6.07) is 1.98. The number of aromatic nitrogens is 2. The fourth-order valence-electron chi connectivity index (χ4n) is 1.12. The van der Waals surface area contributed by atoms with E-state index in [1.54, 1.807) is 0 Å². The first-order valence-corrected chi connectivity index (χ1v) is 4.09. The van der Waals surface area contributed by atoms with Crippen molar-refractivity contribution in [2.45, 2.75) is 20.3 Å². The van der Waals surface area contributed by atoms with Crippen LogP contribution in [-0.4, -0.2) is 23.6 Å². The fraction of sp³-hybridized carbons (Fsp3) is 0.556. The Morgan fingerprint density at radius 3 is 2.33 bits per heavy atom. The van der Waals surface area contributed by atoms with Gasteiger partial charge in [-0.05, 0) is 26.3 Å². The van der Waals surface area contributed by atoms with Crippen LogP contribution in [0.3, 0.4) is 0 Å². The lowest BCUT2D eigenvalue weighted by atomic mass is 10.3. The third kappa shape index (κ3) is 2.58. The maximum atomic E-state index is 4.30. The van der Waals surface area contributed by atoms with Gasteiger partial charge in [0.05, 0.1) is 0 Å². The van der Waals surface area contributed by atoms with Crippen molar-refractivity contribution in [2.24, 2.45) is 0 Å².